The van der Waals surface area contributed by atoms with Crippen molar-refractivity contribution in [1.29, 1.82) is 0 Å². The number of nitrogens with one attached hydrogen (secondary N) is 1. The number of nitrogens with zero attached hydrogens (tertiary/aromatic N) is 1. The van der Waals surface area contributed by atoms with Crippen LogP contribution in [0.4, 0.5) is 0 Å². The van der Waals surface area contributed by atoms with Gasteiger partial charge in [0.2, 0.25) is 0 Å². The summed E-state index contributed by atoms with van der Waals surface area (Å²) >= 11 is 0. The van der Waals surface area contributed by atoms with Crippen molar-refractivity contribution < 1.29 is 4.74 Å². The Hall–Kier alpha value is -1.61. The third-order valence-electron chi connectivity index (χ3n) is 3.19. The van der Waals surface area contributed by atoms with E-state index in [4.69, 9.17) is 4.74 Å². The molecule has 1 aromatic carbocycles. The van der Waals surface area contributed by atoms with Gasteiger partial charge in [0, 0.05) is 11.6 Å². The number of hydrogen-bond acceptors (Lipinski definition) is 3. The SMILES string of the molecule is CNC(C)(C)c1nccc2cc(OC)ccc12. The molecule has 0 aliphatic carbocycles. The molecule has 2 aromatic rings. The van der Waals surface area contributed by atoms with Crippen LogP contribution in [-0.4, -0.2) is 19.1 Å². The van der Waals surface area contributed by atoms with Crippen molar-refractivity contribution in [2.75, 3.05) is 14.2 Å². The number of pyridine rings is 1. The van der Waals surface area contributed by atoms with E-state index in [2.05, 4.69) is 30.2 Å². The molecule has 17 heavy (non-hydrogen) atoms. The number of ether oxygens (including phenoxy) is 1. The average molecular weight is 230 g/mol. The van der Waals surface area contributed by atoms with Crippen LogP contribution in [0.1, 0.15) is 19.5 Å². The Balaban J connectivity index is 2.66. The van der Waals surface area contributed by atoms with E-state index in [0.717, 1.165) is 22.2 Å². The lowest BCUT2D eigenvalue weighted by molar-refractivity contribution is 0.415. The summed E-state index contributed by atoms with van der Waals surface area (Å²) in [6, 6.07) is 8.08. The second kappa shape index (κ2) is 4.34. The van der Waals surface area contributed by atoms with Crippen molar-refractivity contribution in [1.82, 2.24) is 10.3 Å². The summed E-state index contributed by atoms with van der Waals surface area (Å²) in [5.41, 5.74) is 0.911. The topological polar surface area (TPSA) is 34.2 Å². The molecule has 0 amide bonds. The Kier molecular flexibility index (Phi) is 3.03. The number of aromatic nitrogens is 1. The summed E-state index contributed by atoms with van der Waals surface area (Å²) < 4.78 is 5.24. The monoisotopic (exact) mass is 230 g/mol. The molecule has 3 nitrogen and oxygen atoms in total. The Morgan fingerprint density at radius 2 is 2.00 bits per heavy atom. The zero-order chi connectivity index (χ0) is 12.5. The molecule has 3 heteroatoms. The van der Waals surface area contributed by atoms with Gasteiger partial charge in [-0.15, -0.1) is 0 Å². The lowest BCUT2D eigenvalue weighted by Gasteiger charge is -2.24. The largest absolute Gasteiger partial charge is 0.497 e. The maximum Gasteiger partial charge on any atom is 0.119 e. The van der Waals surface area contributed by atoms with Crippen molar-refractivity contribution in [3.8, 4) is 5.75 Å². The maximum absolute atomic E-state index is 5.24. The molecule has 90 valence electrons. The molecular formula is C14H18N2O. The van der Waals surface area contributed by atoms with Crippen LogP contribution in [0, 0.1) is 0 Å². The van der Waals surface area contributed by atoms with E-state index in [1.165, 1.54) is 0 Å². The zero-order valence-electron chi connectivity index (χ0n) is 10.7. The van der Waals surface area contributed by atoms with Gasteiger partial charge in [0.15, 0.2) is 0 Å². The Labute approximate surface area is 102 Å². The van der Waals surface area contributed by atoms with Crippen molar-refractivity contribution in [2.45, 2.75) is 19.4 Å². The average Bonchev–Trinajstić information content (AvgIpc) is 2.37. The van der Waals surface area contributed by atoms with E-state index >= 15 is 0 Å². The fourth-order valence-electron chi connectivity index (χ4n) is 1.90. The van der Waals surface area contributed by atoms with E-state index in [-0.39, 0.29) is 5.54 Å². The number of hydrogen-bond donors (Lipinski definition) is 1. The molecule has 1 aromatic heterocycles. The fraction of sp³-hybridized carbons (Fsp3) is 0.357. The first-order valence-corrected chi connectivity index (χ1v) is 5.70. The minimum absolute atomic E-state index is 0.145. The van der Waals surface area contributed by atoms with Crippen LogP contribution in [0.15, 0.2) is 30.5 Å². The van der Waals surface area contributed by atoms with E-state index in [0.29, 0.717) is 0 Å². The number of fused-ring (bicyclic) bond motifs is 1. The van der Waals surface area contributed by atoms with Gasteiger partial charge in [-0.05, 0) is 50.5 Å². The van der Waals surface area contributed by atoms with Gasteiger partial charge in [-0.3, -0.25) is 4.98 Å². The maximum atomic E-state index is 5.24. The standard InChI is InChI=1S/C14H18N2O/c1-14(2,15-3)13-12-6-5-11(17-4)9-10(12)7-8-16-13/h5-9,15H,1-4H3. The molecule has 1 heterocycles. The predicted molar refractivity (Wildman–Crippen MR) is 70.4 cm³/mol. The van der Waals surface area contributed by atoms with E-state index in [1.807, 2.05) is 31.4 Å². The molecule has 0 spiro atoms. The summed E-state index contributed by atoms with van der Waals surface area (Å²) in [5.74, 6) is 0.872. The van der Waals surface area contributed by atoms with Gasteiger partial charge in [-0.25, -0.2) is 0 Å². The molecule has 0 unspecified atom stereocenters. The molecule has 0 aliphatic heterocycles. The Morgan fingerprint density at radius 3 is 2.65 bits per heavy atom. The minimum Gasteiger partial charge on any atom is -0.497 e. The molecule has 0 fully saturated rings. The van der Waals surface area contributed by atoms with Crippen LogP contribution in [0.3, 0.4) is 0 Å². The van der Waals surface area contributed by atoms with Gasteiger partial charge in [0.25, 0.3) is 0 Å². The first kappa shape index (κ1) is 11.9. The number of rotatable bonds is 3. The van der Waals surface area contributed by atoms with Gasteiger partial charge in [0.1, 0.15) is 5.75 Å². The highest BCUT2D eigenvalue weighted by atomic mass is 16.5. The Bertz CT molecular complexity index is 535. The third-order valence-corrected chi connectivity index (χ3v) is 3.19. The lowest BCUT2D eigenvalue weighted by Crippen LogP contribution is -2.34. The van der Waals surface area contributed by atoms with Crippen LogP contribution in [0.5, 0.6) is 5.75 Å². The highest BCUT2D eigenvalue weighted by molar-refractivity contribution is 5.86. The highest BCUT2D eigenvalue weighted by Gasteiger charge is 2.21. The van der Waals surface area contributed by atoms with Gasteiger partial charge in [-0.2, -0.15) is 0 Å². The zero-order valence-corrected chi connectivity index (χ0v) is 10.7. The number of methoxy groups -OCH3 is 1. The number of benzene rings is 1. The summed E-state index contributed by atoms with van der Waals surface area (Å²) in [6.07, 6.45) is 1.84. The first-order chi connectivity index (χ1) is 8.08. The van der Waals surface area contributed by atoms with Crippen molar-refractivity contribution in [3.63, 3.8) is 0 Å². The van der Waals surface area contributed by atoms with Gasteiger partial charge in [-0.1, -0.05) is 0 Å². The summed E-state index contributed by atoms with van der Waals surface area (Å²) in [7, 11) is 3.63. The predicted octanol–water partition coefficient (Wildman–Crippen LogP) is 2.70. The molecular weight excluding hydrogens is 212 g/mol. The summed E-state index contributed by atoms with van der Waals surface area (Å²) in [6.45, 7) is 4.25. The van der Waals surface area contributed by atoms with E-state index in [9.17, 15) is 0 Å². The molecule has 0 bridgehead atoms. The second-order valence-electron chi connectivity index (χ2n) is 4.62. The minimum atomic E-state index is -0.145. The van der Waals surface area contributed by atoms with Crippen LogP contribution >= 0.6 is 0 Å². The quantitative estimate of drug-likeness (QED) is 0.880. The molecule has 1 N–H and O–H groups in total. The van der Waals surface area contributed by atoms with Crippen LogP contribution in [0.2, 0.25) is 0 Å². The fourth-order valence-corrected chi connectivity index (χ4v) is 1.90. The van der Waals surface area contributed by atoms with Crippen molar-refractivity contribution in [3.05, 3.63) is 36.2 Å². The molecule has 0 aliphatic rings. The summed E-state index contributed by atoms with van der Waals surface area (Å²) in [5, 5.41) is 5.60. The second-order valence-corrected chi connectivity index (χ2v) is 4.62. The smallest absolute Gasteiger partial charge is 0.119 e. The van der Waals surface area contributed by atoms with Crippen molar-refractivity contribution >= 4 is 10.8 Å². The molecule has 0 saturated heterocycles. The lowest BCUT2D eigenvalue weighted by atomic mass is 9.95. The van der Waals surface area contributed by atoms with Crippen LogP contribution in [-0.2, 0) is 5.54 Å². The summed E-state index contributed by atoms with van der Waals surface area (Å²) in [4.78, 5) is 4.50. The molecule has 0 radical (unpaired) electrons. The van der Waals surface area contributed by atoms with Crippen molar-refractivity contribution in [2.24, 2.45) is 0 Å². The van der Waals surface area contributed by atoms with Crippen LogP contribution < -0.4 is 10.1 Å². The normalized spacial score (nSPS) is 11.8. The molecule has 0 atom stereocenters. The molecule has 0 saturated carbocycles. The van der Waals surface area contributed by atoms with Gasteiger partial charge in [0.05, 0.1) is 18.3 Å². The van der Waals surface area contributed by atoms with E-state index in [1.54, 1.807) is 7.11 Å². The highest BCUT2D eigenvalue weighted by Crippen LogP contribution is 2.28. The van der Waals surface area contributed by atoms with E-state index < -0.39 is 0 Å². The molecule has 2 rings (SSSR count). The first-order valence-electron chi connectivity index (χ1n) is 5.70. The van der Waals surface area contributed by atoms with Gasteiger partial charge >= 0.3 is 0 Å². The Morgan fingerprint density at radius 1 is 1.24 bits per heavy atom. The van der Waals surface area contributed by atoms with Gasteiger partial charge < -0.3 is 10.1 Å². The van der Waals surface area contributed by atoms with Crippen LogP contribution in [0.25, 0.3) is 10.8 Å². The third kappa shape index (κ3) is 2.11.